The Labute approximate surface area is 855 Å². The van der Waals surface area contributed by atoms with Crippen molar-refractivity contribution in [3.63, 3.8) is 0 Å². The van der Waals surface area contributed by atoms with Crippen LogP contribution in [-0.4, -0.2) is 186 Å². The molecule has 760 valence electrons. The van der Waals surface area contributed by atoms with Gasteiger partial charge in [0.1, 0.15) is 0 Å². The van der Waals surface area contributed by atoms with Gasteiger partial charge in [0, 0.05) is 6.92 Å². The fourth-order valence-electron chi connectivity index (χ4n) is 15.6. The number of rotatable bonds is 20. The number of hydrogen-bond acceptors (Lipinski definition) is 37. The van der Waals surface area contributed by atoms with Crippen molar-refractivity contribution in [3.05, 3.63) is 407 Å². The summed E-state index contributed by atoms with van der Waals surface area (Å²) in [5, 5.41) is 7.42. The van der Waals surface area contributed by atoms with E-state index in [0.29, 0.717) is 149 Å². The van der Waals surface area contributed by atoms with Gasteiger partial charge >= 0.3 is 71.6 Å². The van der Waals surface area contributed by atoms with Crippen molar-refractivity contribution in [2.45, 2.75) is 58.8 Å². The summed E-state index contributed by atoms with van der Waals surface area (Å²) < 4.78 is 65.3. The monoisotopic (exact) mass is 2080 g/mol. The molecule has 0 amide bonds. The van der Waals surface area contributed by atoms with E-state index >= 15 is 0 Å². The van der Waals surface area contributed by atoms with Gasteiger partial charge in [-0.25, -0.2) is 77.5 Å². The molecule has 4 unspecified atom stereocenters. The maximum atomic E-state index is 13.6. The van der Waals surface area contributed by atoms with Crippen molar-refractivity contribution in [3.8, 4) is 0 Å². The van der Waals surface area contributed by atoms with Gasteiger partial charge in [0.15, 0.2) is 19.2 Å². The molecule has 4 aliphatic heterocycles. The molecule has 42 heteroatoms. The average molecular weight is 2090 g/mol. The summed E-state index contributed by atoms with van der Waals surface area (Å²) in [7, 11) is 15.5. The Morgan fingerprint density at radius 2 is 0.365 bits per heavy atom. The number of esters is 12. The van der Waals surface area contributed by atoms with E-state index in [2.05, 4.69) is 20.0 Å². The SMILES string of the molecule is CC(=O)O.COC(=O)C1=C(C)N=c2s/c(=C\c3ccc(C(=O)OC)cc3)c(=O)n2C1c1ccc(C(=O)OC)cc1.COC(=O)C1=C(C)N=c2s/c(=C\c3ccc(C(=O)OC)cc3)c(=O)n2C1c1ccc(C(=O)OC)cc1.COC(=O)C1=C(C)N=c2s/c(=C\c3ccc(C(=O)OC)cc3)c(=O)n2C1c1ccc(C(=O)OC)cc1.COC(=O)C1=C(C)N=c2s/c(=C\c3ccc(C(=O)OC)cc3)c(=O)n2C1c1ccc(C(=O)OC)cc1. The first-order valence-corrected chi connectivity index (χ1v) is 47.2. The lowest BCUT2D eigenvalue weighted by molar-refractivity contribution is -0.137. The highest BCUT2D eigenvalue weighted by molar-refractivity contribution is 7.07. The van der Waals surface area contributed by atoms with E-state index in [9.17, 15) is 76.7 Å². The van der Waals surface area contributed by atoms with E-state index in [-0.39, 0.29) is 44.5 Å². The van der Waals surface area contributed by atoms with Gasteiger partial charge in [0.2, 0.25) is 0 Å². The summed E-state index contributed by atoms with van der Waals surface area (Å²) in [5.41, 5.74) is 9.42. The normalized spacial score (nSPS) is 14.9. The average Bonchev–Trinajstić information content (AvgIpc) is 1.60. The van der Waals surface area contributed by atoms with E-state index in [0.717, 1.165) is 6.92 Å². The van der Waals surface area contributed by atoms with E-state index in [1.165, 1.54) is 149 Å². The number of thiazole rings is 4. The minimum atomic E-state index is -0.833. The second-order valence-corrected chi connectivity index (χ2v) is 35.8. The third-order valence-corrected chi connectivity index (χ3v) is 26.7. The molecule has 16 rings (SSSR count). The molecule has 0 saturated carbocycles. The van der Waals surface area contributed by atoms with Gasteiger partial charge in [-0.1, -0.05) is 142 Å². The number of ether oxygens (including phenoxy) is 12. The van der Waals surface area contributed by atoms with Crippen LogP contribution in [0.15, 0.2) is 278 Å². The van der Waals surface area contributed by atoms with Crippen LogP contribution in [0, 0.1) is 0 Å². The first-order valence-electron chi connectivity index (χ1n) is 44.0. The third kappa shape index (κ3) is 24.0. The minimum absolute atomic E-state index is 0.227. The van der Waals surface area contributed by atoms with Crippen molar-refractivity contribution in [1.29, 1.82) is 0 Å². The molecule has 4 aliphatic rings. The van der Waals surface area contributed by atoms with Crippen LogP contribution >= 0.6 is 45.3 Å². The van der Waals surface area contributed by atoms with E-state index in [1.807, 2.05) is 0 Å². The Balaban J connectivity index is 0.000000173. The summed E-state index contributed by atoms with van der Waals surface area (Å²) in [6.45, 7) is 7.82. The molecule has 0 radical (unpaired) electrons. The highest BCUT2D eigenvalue weighted by Crippen LogP contribution is 2.36. The van der Waals surface area contributed by atoms with Gasteiger partial charge in [-0.15, -0.1) is 0 Å². The molecule has 148 heavy (non-hydrogen) atoms. The Kier molecular flexibility index (Phi) is 35.8. The Morgan fingerprint density at radius 3 is 0.493 bits per heavy atom. The van der Waals surface area contributed by atoms with Crippen LogP contribution in [-0.2, 0) is 80.8 Å². The second kappa shape index (κ2) is 48.5. The second-order valence-electron chi connectivity index (χ2n) is 31.7. The van der Waals surface area contributed by atoms with Crippen molar-refractivity contribution < 1.29 is 124 Å². The lowest BCUT2D eigenvalue weighted by atomic mass is 9.95. The number of aromatic nitrogens is 4. The van der Waals surface area contributed by atoms with Gasteiger partial charge in [0.05, 0.1) is 217 Å². The molecule has 1 N–H and O–H groups in total. The number of carboxylic acids is 1. The topological polar surface area (TPSA) is 490 Å². The molecular formula is C106H92N8O30S4. The number of aliphatic carboxylic acids is 1. The number of hydrogen-bond donors (Lipinski definition) is 1. The molecule has 0 spiro atoms. The zero-order valence-electron chi connectivity index (χ0n) is 82.1. The highest BCUT2D eigenvalue weighted by Gasteiger charge is 2.39. The van der Waals surface area contributed by atoms with Crippen molar-refractivity contribution in [2.75, 3.05) is 85.3 Å². The van der Waals surface area contributed by atoms with Crippen LogP contribution in [0.4, 0.5) is 0 Å². The molecule has 8 aromatic carbocycles. The van der Waals surface area contributed by atoms with Crippen molar-refractivity contribution in [2.24, 2.45) is 20.0 Å². The van der Waals surface area contributed by atoms with E-state index < -0.39 is 102 Å². The molecule has 12 aromatic rings. The molecular weight excluding hydrogens is 1990 g/mol. The van der Waals surface area contributed by atoms with Crippen LogP contribution in [0.3, 0.4) is 0 Å². The molecule has 0 saturated heterocycles. The highest BCUT2D eigenvalue weighted by atomic mass is 32.1. The van der Waals surface area contributed by atoms with Gasteiger partial charge in [-0.2, -0.15) is 0 Å². The third-order valence-electron chi connectivity index (χ3n) is 22.8. The van der Waals surface area contributed by atoms with Crippen LogP contribution in [0.1, 0.15) is 186 Å². The fourth-order valence-corrected chi connectivity index (χ4v) is 19.8. The maximum Gasteiger partial charge on any atom is 0.338 e. The maximum absolute atomic E-state index is 13.6. The number of nitrogens with zero attached hydrogens (tertiary/aromatic N) is 8. The lowest BCUT2D eigenvalue weighted by Gasteiger charge is -2.24. The molecule has 0 fully saturated rings. The summed E-state index contributed by atoms with van der Waals surface area (Å²) in [6, 6.07) is 49.3. The molecule has 4 aromatic heterocycles. The van der Waals surface area contributed by atoms with Crippen LogP contribution in [0.5, 0.6) is 0 Å². The van der Waals surface area contributed by atoms with Crippen molar-refractivity contribution >= 4 is 147 Å². The van der Waals surface area contributed by atoms with E-state index in [1.54, 1.807) is 246 Å². The Hall–Kier alpha value is -17.8. The molecule has 0 bridgehead atoms. The predicted octanol–water partition coefficient (Wildman–Crippen LogP) is 8.02. The molecule has 8 heterocycles. The Bertz CT molecular complexity index is 7330. The van der Waals surface area contributed by atoms with Gasteiger partial charge in [-0.3, -0.25) is 42.2 Å². The number of methoxy groups -OCH3 is 12. The quantitative estimate of drug-likeness (QED) is 0.0557. The molecule has 0 aliphatic carbocycles. The lowest BCUT2D eigenvalue weighted by Crippen LogP contribution is -2.39. The summed E-state index contributed by atoms with van der Waals surface area (Å²) in [5.74, 6) is -7.06. The fraction of sp³-hybridized carbons (Fsp3) is 0.198. The smallest absolute Gasteiger partial charge is 0.338 e. The zero-order chi connectivity index (χ0) is 108. The van der Waals surface area contributed by atoms with Gasteiger partial charge in [-0.05, 0) is 194 Å². The summed E-state index contributed by atoms with van der Waals surface area (Å²) in [4.78, 5) is 228. The standard InChI is InChI=1S/4C26H22N2O7S.C2H4O2/c4*1-14-20(25(32)35-4)21(16-9-11-18(12-10-16)24(31)34-3)28-22(29)19(36-26(28)27-14)13-15-5-7-17(8-6-15)23(30)33-2;1-2(3)4/h4*5-13,21H,1-4H3;1H3,(H,3,4)/b4*19-13-;. The van der Waals surface area contributed by atoms with Crippen LogP contribution in [0.25, 0.3) is 24.3 Å². The molecule has 4 atom stereocenters. The van der Waals surface area contributed by atoms with Crippen molar-refractivity contribution in [1.82, 2.24) is 18.3 Å². The largest absolute Gasteiger partial charge is 0.481 e. The first kappa shape index (κ1) is 109. The number of benzene rings is 8. The number of carboxylic acid groups (broad SMARTS) is 1. The summed E-state index contributed by atoms with van der Waals surface area (Å²) in [6.07, 6.45) is 6.78. The van der Waals surface area contributed by atoms with Gasteiger partial charge in [0.25, 0.3) is 28.2 Å². The van der Waals surface area contributed by atoms with E-state index in [4.69, 9.17) is 66.7 Å². The van der Waals surface area contributed by atoms with Crippen LogP contribution in [0.2, 0.25) is 0 Å². The predicted molar refractivity (Wildman–Crippen MR) is 539 cm³/mol. The zero-order valence-corrected chi connectivity index (χ0v) is 85.4. The molecule has 38 nitrogen and oxygen atoms in total. The first-order chi connectivity index (χ1) is 70.9. The van der Waals surface area contributed by atoms with Gasteiger partial charge < -0.3 is 61.9 Å². The number of carbonyl (C=O) groups is 13. The number of carbonyl (C=O) groups excluding carboxylic acids is 12. The Morgan fingerprint density at radius 1 is 0.236 bits per heavy atom. The minimum Gasteiger partial charge on any atom is -0.481 e. The summed E-state index contributed by atoms with van der Waals surface area (Å²) >= 11 is 4.73. The number of allylic oxidation sites excluding steroid dienone is 4. The van der Waals surface area contributed by atoms with Crippen LogP contribution < -0.4 is 59.6 Å². The number of fused-ring (bicyclic) bond motifs is 4.